The second-order valence-corrected chi connectivity index (χ2v) is 6.08. The molecule has 0 aliphatic heterocycles. The second-order valence-electron chi connectivity index (χ2n) is 5.64. The van der Waals surface area contributed by atoms with Crippen LogP contribution in [0.4, 0.5) is 11.4 Å². The highest BCUT2D eigenvalue weighted by atomic mass is 35.5. The Hall–Kier alpha value is -3.13. The van der Waals surface area contributed by atoms with Gasteiger partial charge in [-0.05, 0) is 44.2 Å². The number of carbonyl (C=O) groups excluding carboxylic acids is 2. The van der Waals surface area contributed by atoms with E-state index in [1.165, 1.54) is 45.2 Å². The van der Waals surface area contributed by atoms with E-state index in [4.69, 9.17) is 21.1 Å². The number of nitrogens with zero attached hydrogens (tertiary/aromatic N) is 1. The summed E-state index contributed by atoms with van der Waals surface area (Å²) in [7, 11) is 1.44. The second kappa shape index (κ2) is 8.50. The largest absolute Gasteiger partial charge is 0.495 e. The first-order valence-corrected chi connectivity index (χ1v) is 8.21. The minimum Gasteiger partial charge on any atom is -0.495 e. The summed E-state index contributed by atoms with van der Waals surface area (Å²) in [6.07, 6.45) is -1.11. The van der Waals surface area contributed by atoms with Crippen LogP contribution in [0.5, 0.6) is 5.75 Å². The minimum absolute atomic E-state index is 0.106. The zero-order valence-corrected chi connectivity index (χ0v) is 15.6. The summed E-state index contributed by atoms with van der Waals surface area (Å²) in [5.41, 5.74) is 0.655. The van der Waals surface area contributed by atoms with Crippen molar-refractivity contribution in [3.63, 3.8) is 0 Å². The number of halogens is 1. The Balaban J connectivity index is 2.08. The van der Waals surface area contributed by atoms with E-state index < -0.39 is 22.9 Å². The Labute approximate surface area is 160 Å². The first kappa shape index (κ1) is 20.2. The number of nitro benzene ring substituents is 1. The molecule has 142 valence electrons. The highest BCUT2D eigenvalue weighted by molar-refractivity contribution is 6.31. The number of nitrogens with one attached hydrogen (secondary N) is 1. The Morgan fingerprint density at radius 3 is 2.52 bits per heavy atom. The zero-order valence-electron chi connectivity index (χ0n) is 14.8. The molecule has 0 bridgehead atoms. The van der Waals surface area contributed by atoms with Crippen LogP contribution in [0.15, 0.2) is 36.4 Å². The average Bonchev–Trinajstić information content (AvgIpc) is 2.61. The van der Waals surface area contributed by atoms with Crippen LogP contribution in [-0.4, -0.2) is 30.0 Å². The van der Waals surface area contributed by atoms with Crippen molar-refractivity contribution in [3.05, 3.63) is 62.7 Å². The lowest BCUT2D eigenvalue weighted by Gasteiger charge is -2.15. The summed E-state index contributed by atoms with van der Waals surface area (Å²) in [6, 6.07) is 8.54. The molecule has 0 saturated heterocycles. The molecule has 0 spiro atoms. The monoisotopic (exact) mass is 392 g/mol. The number of anilines is 1. The van der Waals surface area contributed by atoms with Crippen molar-refractivity contribution in [3.8, 4) is 5.75 Å². The highest BCUT2D eigenvalue weighted by Gasteiger charge is 2.21. The number of hydrogen-bond acceptors (Lipinski definition) is 6. The molecule has 1 atom stereocenters. The zero-order chi connectivity index (χ0) is 20.1. The molecule has 0 saturated carbocycles. The third-order valence-electron chi connectivity index (χ3n) is 3.70. The first-order valence-electron chi connectivity index (χ1n) is 7.83. The molecule has 0 unspecified atom stereocenters. The van der Waals surface area contributed by atoms with Gasteiger partial charge in [-0.25, -0.2) is 4.79 Å². The highest BCUT2D eigenvalue weighted by Crippen LogP contribution is 2.28. The molecule has 8 nitrogen and oxygen atoms in total. The van der Waals surface area contributed by atoms with Crippen molar-refractivity contribution in [2.45, 2.75) is 20.0 Å². The quantitative estimate of drug-likeness (QED) is 0.455. The Bertz CT molecular complexity index is 899. The molecule has 0 radical (unpaired) electrons. The molecule has 0 aromatic heterocycles. The van der Waals surface area contributed by atoms with Gasteiger partial charge in [-0.3, -0.25) is 14.9 Å². The molecule has 0 aliphatic carbocycles. The molecular weight excluding hydrogens is 376 g/mol. The van der Waals surface area contributed by atoms with Gasteiger partial charge in [0.15, 0.2) is 6.10 Å². The maximum atomic E-state index is 12.3. The molecule has 0 aliphatic rings. The third-order valence-corrected chi connectivity index (χ3v) is 3.94. The van der Waals surface area contributed by atoms with Gasteiger partial charge in [0, 0.05) is 16.7 Å². The Morgan fingerprint density at radius 1 is 1.22 bits per heavy atom. The van der Waals surface area contributed by atoms with Crippen LogP contribution in [0.3, 0.4) is 0 Å². The Kier molecular flexibility index (Phi) is 6.36. The maximum absolute atomic E-state index is 12.3. The fourth-order valence-corrected chi connectivity index (χ4v) is 2.45. The number of nitro groups is 1. The van der Waals surface area contributed by atoms with E-state index >= 15 is 0 Å². The van der Waals surface area contributed by atoms with Crippen LogP contribution in [-0.2, 0) is 9.53 Å². The molecule has 1 amide bonds. The fourth-order valence-electron chi connectivity index (χ4n) is 2.28. The summed E-state index contributed by atoms with van der Waals surface area (Å²) in [6.45, 7) is 2.92. The SMILES string of the molecule is COc1ccc(Cl)cc1NC(=O)[C@@H](C)OC(=O)c1ccc([N+](=O)[O-])c(C)c1. The van der Waals surface area contributed by atoms with Gasteiger partial charge >= 0.3 is 5.97 Å². The number of esters is 1. The van der Waals surface area contributed by atoms with Crippen LogP contribution in [0.1, 0.15) is 22.8 Å². The number of hydrogen-bond donors (Lipinski definition) is 1. The number of carbonyl (C=O) groups is 2. The van der Waals surface area contributed by atoms with Gasteiger partial charge < -0.3 is 14.8 Å². The van der Waals surface area contributed by atoms with Crippen LogP contribution in [0, 0.1) is 17.0 Å². The number of rotatable bonds is 6. The average molecular weight is 393 g/mol. The normalized spacial score (nSPS) is 11.4. The van der Waals surface area contributed by atoms with Gasteiger partial charge in [0.2, 0.25) is 0 Å². The van der Waals surface area contributed by atoms with Gasteiger partial charge in [-0.15, -0.1) is 0 Å². The van der Waals surface area contributed by atoms with Crippen molar-refractivity contribution in [1.29, 1.82) is 0 Å². The van der Waals surface area contributed by atoms with Crippen molar-refractivity contribution in [2.24, 2.45) is 0 Å². The minimum atomic E-state index is -1.11. The lowest BCUT2D eigenvalue weighted by molar-refractivity contribution is -0.385. The van der Waals surface area contributed by atoms with E-state index in [1.54, 1.807) is 12.1 Å². The van der Waals surface area contributed by atoms with E-state index in [9.17, 15) is 19.7 Å². The molecule has 9 heteroatoms. The number of methoxy groups -OCH3 is 1. The summed E-state index contributed by atoms with van der Waals surface area (Å²) >= 11 is 5.91. The standard InChI is InChI=1S/C18H17ClN2O6/c1-10-8-12(4-6-15(10)21(24)25)18(23)27-11(2)17(22)20-14-9-13(19)5-7-16(14)26-3/h4-9,11H,1-3H3,(H,20,22)/t11-/m1/s1. The predicted molar refractivity (Wildman–Crippen MR) is 99.3 cm³/mol. The van der Waals surface area contributed by atoms with Crippen LogP contribution in [0.2, 0.25) is 5.02 Å². The topological polar surface area (TPSA) is 108 Å². The molecule has 1 N–H and O–H groups in total. The van der Waals surface area contributed by atoms with Crippen molar-refractivity contribution in [2.75, 3.05) is 12.4 Å². The summed E-state index contributed by atoms with van der Waals surface area (Å²) < 4.78 is 10.3. The fraction of sp³-hybridized carbons (Fsp3) is 0.222. The van der Waals surface area contributed by atoms with Gasteiger partial charge in [-0.1, -0.05) is 11.6 Å². The van der Waals surface area contributed by atoms with Gasteiger partial charge in [0.05, 0.1) is 23.3 Å². The van der Waals surface area contributed by atoms with E-state index in [-0.39, 0.29) is 11.3 Å². The number of amides is 1. The smallest absolute Gasteiger partial charge is 0.338 e. The maximum Gasteiger partial charge on any atom is 0.338 e. The molecule has 2 aromatic rings. The van der Waals surface area contributed by atoms with Crippen molar-refractivity contribution >= 4 is 34.9 Å². The molecule has 0 fully saturated rings. The van der Waals surface area contributed by atoms with Crippen LogP contribution >= 0.6 is 11.6 Å². The van der Waals surface area contributed by atoms with Gasteiger partial charge in [-0.2, -0.15) is 0 Å². The van der Waals surface area contributed by atoms with Crippen molar-refractivity contribution in [1.82, 2.24) is 0 Å². The molecule has 0 heterocycles. The summed E-state index contributed by atoms with van der Waals surface area (Å²) in [4.78, 5) is 34.8. The number of aryl methyl sites for hydroxylation is 1. The number of ether oxygens (including phenoxy) is 2. The molecule has 27 heavy (non-hydrogen) atoms. The summed E-state index contributed by atoms with van der Waals surface area (Å²) in [5.74, 6) is -0.950. The lowest BCUT2D eigenvalue weighted by Crippen LogP contribution is -2.30. The van der Waals surface area contributed by atoms with Crippen LogP contribution < -0.4 is 10.1 Å². The lowest BCUT2D eigenvalue weighted by atomic mass is 10.1. The predicted octanol–water partition coefficient (Wildman–Crippen LogP) is 3.75. The van der Waals surface area contributed by atoms with Crippen LogP contribution in [0.25, 0.3) is 0 Å². The van der Waals surface area contributed by atoms with E-state index in [1.807, 2.05) is 0 Å². The van der Waals surface area contributed by atoms with Crippen molar-refractivity contribution < 1.29 is 24.0 Å². The first-order chi connectivity index (χ1) is 12.7. The van der Waals surface area contributed by atoms with E-state index in [0.717, 1.165) is 0 Å². The summed E-state index contributed by atoms with van der Waals surface area (Å²) in [5, 5.41) is 13.8. The van der Waals surface area contributed by atoms with E-state index in [0.29, 0.717) is 22.0 Å². The molecule has 2 rings (SSSR count). The third kappa shape index (κ3) is 4.95. The van der Waals surface area contributed by atoms with Gasteiger partial charge in [0.25, 0.3) is 11.6 Å². The molecular formula is C18H17ClN2O6. The van der Waals surface area contributed by atoms with E-state index in [2.05, 4.69) is 5.32 Å². The molecule has 2 aromatic carbocycles. The van der Waals surface area contributed by atoms with Gasteiger partial charge in [0.1, 0.15) is 5.75 Å². The number of benzene rings is 2. The Morgan fingerprint density at radius 2 is 1.93 bits per heavy atom.